The predicted octanol–water partition coefficient (Wildman–Crippen LogP) is 2.98. The molecule has 3 rings (SSSR count). The van der Waals surface area contributed by atoms with Gasteiger partial charge < -0.3 is 15.4 Å². The number of hydrogen-bond donors (Lipinski definition) is 2. The molecule has 2 aromatic rings. The zero-order chi connectivity index (χ0) is 15.4. The van der Waals surface area contributed by atoms with Gasteiger partial charge in [-0.3, -0.25) is 0 Å². The summed E-state index contributed by atoms with van der Waals surface area (Å²) in [5.41, 5.74) is 2.65. The van der Waals surface area contributed by atoms with E-state index < -0.39 is 6.61 Å². The smallest absolute Gasteiger partial charge is 0.387 e. The molecular formula is C16H17F2N3O. The zero-order valence-corrected chi connectivity index (χ0v) is 11.9. The molecule has 1 atom stereocenters. The fourth-order valence-corrected chi connectivity index (χ4v) is 2.64. The molecule has 6 heteroatoms. The standard InChI is InChI=1S/C16H17F2N3O/c17-16(18)22-12-5-6-15(20-9-12)21-10-14-13-4-2-1-3-11(13)7-8-19-14/h1-6,9,14,16,19H,7-8,10H2,(H,20,21). The number of benzene rings is 1. The Hall–Kier alpha value is -2.21. The van der Waals surface area contributed by atoms with Gasteiger partial charge in [-0.15, -0.1) is 0 Å². The highest BCUT2D eigenvalue weighted by Gasteiger charge is 2.18. The molecule has 116 valence electrons. The molecule has 2 N–H and O–H groups in total. The van der Waals surface area contributed by atoms with Gasteiger partial charge >= 0.3 is 6.61 Å². The van der Waals surface area contributed by atoms with Gasteiger partial charge in [-0.1, -0.05) is 24.3 Å². The number of rotatable bonds is 5. The lowest BCUT2D eigenvalue weighted by molar-refractivity contribution is -0.0500. The van der Waals surface area contributed by atoms with E-state index >= 15 is 0 Å². The van der Waals surface area contributed by atoms with Gasteiger partial charge in [0.15, 0.2) is 0 Å². The highest BCUT2D eigenvalue weighted by atomic mass is 19.3. The molecule has 0 amide bonds. The minimum absolute atomic E-state index is 0.0571. The molecule has 0 radical (unpaired) electrons. The van der Waals surface area contributed by atoms with Crippen molar-refractivity contribution in [1.82, 2.24) is 10.3 Å². The van der Waals surface area contributed by atoms with Crippen LogP contribution in [0.5, 0.6) is 5.75 Å². The van der Waals surface area contributed by atoms with Gasteiger partial charge in [0.25, 0.3) is 0 Å². The van der Waals surface area contributed by atoms with Crippen LogP contribution in [0.4, 0.5) is 14.6 Å². The van der Waals surface area contributed by atoms with E-state index in [9.17, 15) is 8.78 Å². The van der Waals surface area contributed by atoms with Crippen molar-refractivity contribution < 1.29 is 13.5 Å². The van der Waals surface area contributed by atoms with Crippen molar-refractivity contribution in [2.45, 2.75) is 19.1 Å². The van der Waals surface area contributed by atoms with E-state index in [1.807, 2.05) is 6.07 Å². The summed E-state index contributed by atoms with van der Waals surface area (Å²) >= 11 is 0. The molecule has 0 bridgehead atoms. The maximum atomic E-state index is 12.1. The number of anilines is 1. The van der Waals surface area contributed by atoms with E-state index in [0.717, 1.165) is 13.0 Å². The van der Waals surface area contributed by atoms with Crippen LogP contribution in [0, 0.1) is 0 Å². The van der Waals surface area contributed by atoms with Gasteiger partial charge in [0.2, 0.25) is 0 Å². The summed E-state index contributed by atoms with van der Waals surface area (Å²) in [5.74, 6) is 0.688. The quantitative estimate of drug-likeness (QED) is 0.891. The van der Waals surface area contributed by atoms with E-state index in [-0.39, 0.29) is 11.8 Å². The van der Waals surface area contributed by atoms with Crippen LogP contribution < -0.4 is 15.4 Å². The van der Waals surface area contributed by atoms with Gasteiger partial charge in [0.1, 0.15) is 11.6 Å². The third-order valence-corrected chi connectivity index (χ3v) is 3.66. The van der Waals surface area contributed by atoms with Crippen molar-refractivity contribution in [3.8, 4) is 5.75 Å². The number of nitrogens with one attached hydrogen (secondary N) is 2. The molecule has 1 unspecified atom stereocenters. The van der Waals surface area contributed by atoms with Crippen LogP contribution in [-0.2, 0) is 6.42 Å². The highest BCUT2D eigenvalue weighted by Crippen LogP contribution is 2.23. The number of aromatic nitrogens is 1. The number of halogens is 2. The Morgan fingerprint density at radius 3 is 2.91 bits per heavy atom. The number of nitrogens with zero attached hydrogens (tertiary/aromatic N) is 1. The van der Waals surface area contributed by atoms with Gasteiger partial charge in [0, 0.05) is 12.6 Å². The lowest BCUT2D eigenvalue weighted by Crippen LogP contribution is -2.34. The topological polar surface area (TPSA) is 46.2 Å². The Labute approximate surface area is 127 Å². The van der Waals surface area contributed by atoms with Crippen molar-refractivity contribution in [2.24, 2.45) is 0 Å². The second kappa shape index (κ2) is 6.70. The normalized spacial score (nSPS) is 17.1. The van der Waals surface area contributed by atoms with Crippen LogP contribution in [0.2, 0.25) is 0 Å². The molecule has 22 heavy (non-hydrogen) atoms. The fraction of sp³-hybridized carbons (Fsp3) is 0.312. The molecule has 1 aliphatic rings. The zero-order valence-electron chi connectivity index (χ0n) is 11.9. The van der Waals surface area contributed by atoms with Crippen molar-refractivity contribution >= 4 is 5.82 Å². The predicted molar refractivity (Wildman–Crippen MR) is 80.2 cm³/mol. The molecule has 0 aliphatic carbocycles. The largest absolute Gasteiger partial charge is 0.433 e. The Kier molecular flexibility index (Phi) is 4.48. The number of hydrogen-bond acceptors (Lipinski definition) is 4. The minimum Gasteiger partial charge on any atom is -0.433 e. The van der Waals surface area contributed by atoms with Crippen LogP contribution >= 0.6 is 0 Å². The molecule has 0 saturated carbocycles. The Balaban J connectivity index is 1.61. The van der Waals surface area contributed by atoms with Crippen molar-refractivity contribution in [1.29, 1.82) is 0 Å². The van der Waals surface area contributed by atoms with Gasteiger partial charge in [0.05, 0.1) is 6.20 Å². The summed E-state index contributed by atoms with van der Waals surface area (Å²) in [6.45, 7) is -1.21. The average molecular weight is 305 g/mol. The minimum atomic E-state index is -2.83. The number of alkyl halides is 2. The van der Waals surface area contributed by atoms with Gasteiger partial charge in [-0.2, -0.15) is 8.78 Å². The van der Waals surface area contributed by atoms with E-state index in [4.69, 9.17) is 0 Å². The summed E-state index contributed by atoms with van der Waals surface area (Å²) in [6, 6.07) is 11.7. The molecule has 1 aromatic carbocycles. The summed E-state index contributed by atoms with van der Waals surface area (Å²) < 4.78 is 28.4. The van der Waals surface area contributed by atoms with Crippen molar-refractivity contribution in [3.63, 3.8) is 0 Å². The van der Waals surface area contributed by atoms with Crippen LogP contribution in [-0.4, -0.2) is 24.7 Å². The van der Waals surface area contributed by atoms with E-state index in [1.165, 1.54) is 23.4 Å². The van der Waals surface area contributed by atoms with Crippen LogP contribution in [0.15, 0.2) is 42.6 Å². The summed E-state index contributed by atoms with van der Waals surface area (Å²) in [4.78, 5) is 4.07. The first kappa shape index (κ1) is 14.7. The second-order valence-electron chi connectivity index (χ2n) is 5.09. The van der Waals surface area contributed by atoms with Gasteiger partial charge in [-0.25, -0.2) is 4.98 Å². The molecule has 0 fully saturated rings. The summed E-state index contributed by atoms with van der Waals surface area (Å²) in [5, 5.41) is 6.69. The maximum Gasteiger partial charge on any atom is 0.387 e. The lowest BCUT2D eigenvalue weighted by Gasteiger charge is -2.27. The second-order valence-corrected chi connectivity index (χ2v) is 5.09. The number of ether oxygens (including phenoxy) is 1. The van der Waals surface area contributed by atoms with E-state index in [2.05, 4.69) is 38.6 Å². The van der Waals surface area contributed by atoms with Crippen LogP contribution in [0.1, 0.15) is 17.2 Å². The Bertz CT molecular complexity index is 619. The number of pyridine rings is 1. The van der Waals surface area contributed by atoms with Crippen molar-refractivity contribution in [3.05, 3.63) is 53.7 Å². The number of fused-ring (bicyclic) bond motifs is 1. The van der Waals surface area contributed by atoms with E-state index in [0.29, 0.717) is 12.4 Å². The third kappa shape index (κ3) is 3.51. The van der Waals surface area contributed by atoms with E-state index in [1.54, 1.807) is 6.07 Å². The Morgan fingerprint density at radius 1 is 1.27 bits per heavy atom. The molecule has 1 aromatic heterocycles. The SMILES string of the molecule is FC(F)Oc1ccc(NCC2NCCc3ccccc32)nc1. The highest BCUT2D eigenvalue weighted by molar-refractivity contribution is 5.39. The molecule has 1 aliphatic heterocycles. The molecule has 4 nitrogen and oxygen atoms in total. The first-order chi connectivity index (χ1) is 10.7. The average Bonchev–Trinajstić information content (AvgIpc) is 2.54. The maximum absolute atomic E-state index is 12.1. The molecule has 0 saturated heterocycles. The first-order valence-electron chi connectivity index (χ1n) is 7.18. The summed E-state index contributed by atoms with van der Waals surface area (Å²) in [6.07, 6.45) is 2.32. The van der Waals surface area contributed by atoms with Crippen LogP contribution in [0.3, 0.4) is 0 Å². The first-order valence-corrected chi connectivity index (χ1v) is 7.18. The van der Waals surface area contributed by atoms with Gasteiger partial charge in [-0.05, 0) is 36.2 Å². The summed E-state index contributed by atoms with van der Waals surface area (Å²) in [7, 11) is 0. The monoisotopic (exact) mass is 305 g/mol. The molecular weight excluding hydrogens is 288 g/mol. The van der Waals surface area contributed by atoms with Crippen LogP contribution in [0.25, 0.3) is 0 Å². The van der Waals surface area contributed by atoms with Crippen molar-refractivity contribution in [2.75, 3.05) is 18.4 Å². The Morgan fingerprint density at radius 2 is 2.14 bits per heavy atom. The molecule has 0 spiro atoms. The molecule has 2 heterocycles. The third-order valence-electron chi connectivity index (χ3n) is 3.66. The fourth-order valence-electron chi connectivity index (χ4n) is 2.64. The lowest BCUT2D eigenvalue weighted by atomic mass is 9.94.